The van der Waals surface area contributed by atoms with Gasteiger partial charge in [-0.25, -0.2) is 4.98 Å². The van der Waals surface area contributed by atoms with Gasteiger partial charge in [-0.15, -0.1) is 0 Å². The minimum absolute atomic E-state index is 0.0694. The number of carbonyl (C=O) groups excluding carboxylic acids is 1. The summed E-state index contributed by atoms with van der Waals surface area (Å²) in [5, 5.41) is 0. The van der Waals surface area contributed by atoms with E-state index >= 15 is 0 Å². The number of hydrogen-bond acceptors (Lipinski definition) is 5. The number of carbonyl (C=O) groups is 1. The predicted octanol–water partition coefficient (Wildman–Crippen LogP) is 2.69. The highest BCUT2D eigenvalue weighted by Crippen LogP contribution is 2.34. The lowest BCUT2D eigenvalue weighted by Gasteiger charge is -2.27. The van der Waals surface area contributed by atoms with Crippen molar-refractivity contribution < 1.29 is 19.0 Å². The number of amides is 1. The first kappa shape index (κ1) is 16.8. The molecule has 5 rings (SSSR count). The van der Waals surface area contributed by atoms with Crippen LogP contribution in [-0.4, -0.2) is 53.9 Å². The molecule has 7 nitrogen and oxygen atoms in total. The molecule has 1 saturated heterocycles. The van der Waals surface area contributed by atoms with Crippen molar-refractivity contribution >= 4 is 28.6 Å². The molecule has 1 fully saturated rings. The Hall–Kier alpha value is -3.32. The van der Waals surface area contributed by atoms with Gasteiger partial charge in [-0.05, 0) is 35.9 Å². The molecule has 0 aliphatic carbocycles. The number of fused-ring (bicyclic) bond motifs is 2. The van der Waals surface area contributed by atoms with Crippen molar-refractivity contribution in [2.24, 2.45) is 0 Å². The van der Waals surface area contributed by atoms with E-state index in [2.05, 4.69) is 9.97 Å². The van der Waals surface area contributed by atoms with Crippen LogP contribution in [0.3, 0.4) is 0 Å². The maximum atomic E-state index is 13.3. The highest BCUT2D eigenvalue weighted by Gasteiger charge is 2.24. The van der Waals surface area contributed by atoms with Crippen LogP contribution in [0.5, 0.6) is 11.5 Å². The molecule has 2 aliphatic rings. The first-order valence-corrected chi connectivity index (χ1v) is 9.21. The maximum Gasteiger partial charge on any atom is 0.257 e. The number of para-hydroxylation sites is 2. The molecule has 3 aromatic rings. The van der Waals surface area contributed by atoms with Crippen LogP contribution in [0.4, 0.5) is 0 Å². The van der Waals surface area contributed by atoms with Crippen molar-refractivity contribution in [3.05, 3.63) is 53.9 Å². The van der Waals surface area contributed by atoms with Crippen molar-refractivity contribution in [1.29, 1.82) is 0 Å². The quantitative estimate of drug-likeness (QED) is 0.710. The van der Waals surface area contributed by atoms with Gasteiger partial charge >= 0.3 is 0 Å². The molecule has 7 heteroatoms. The Morgan fingerprint density at radius 2 is 1.89 bits per heavy atom. The zero-order valence-electron chi connectivity index (χ0n) is 15.2. The molecule has 0 atom stereocenters. The summed E-state index contributed by atoms with van der Waals surface area (Å²) in [6, 6.07) is 13.4. The van der Waals surface area contributed by atoms with Gasteiger partial charge in [-0.2, -0.15) is 0 Å². The second kappa shape index (κ2) is 7.01. The van der Waals surface area contributed by atoms with E-state index in [4.69, 9.17) is 14.2 Å². The minimum atomic E-state index is -0.0694. The standard InChI is InChI=1S/C21H19N3O4/c25-21(24-7-9-26-10-8-24)15(20-22-16-3-1-2-4-17(16)23-20)11-14-5-6-18-19(12-14)28-13-27-18/h1-6,11-12H,7-10,13H2,(H,22,23). The highest BCUT2D eigenvalue weighted by molar-refractivity contribution is 6.23. The van der Waals surface area contributed by atoms with Gasteiger partial charge in [0.15, 0.2) is 11.5 Å². The smallest absolute Gasteiger partial charge is 0.257 e. The number of ether oxygens (including phenoxy) is 3. The Kier molecular flexibility index (Phi) is 4.21. The fourth-order valence-corrected chi connectivity index (χ4v) is 3.42. The first-order chi connectivity index (χ1) is 13.8. The lowest BCUT2D eigenvalue weighted by molar-refractivity contribution is -0.128. The summed E-state index contributed by atoms with van der Waals surface area (Å²) in [4.78, 5) is 23.0. The normalized spacial score (nSPS) is 16.6. The summed E-state index contributed by atoms with van der Waals surface area (Å²) in [5.41, 5.74) is 3.08. The summed E-state index contributed by atoms with van der Waals surface area (Å²) < 4.78 is 16.2. The van der Waals surface area contributed by atoms with Crippen LogP contribution in [0.15, 0.2) is 42.5 Å². The van der Waals surface area contributed by atoms with Crippen LogP contribution in [-0.2, 0) is 9.53 Å². The van der Waals surface area contributed by atoms with Gasteiger partial charge in [0.1, 0.15) is 5.82 Å². The van der Waals surface area contributed by atoms with Crippen molar-refractivity contribution in [2.45, 2.75) is 0 Å². The molecule has 1 aromatic heterocycles. The second-order valence-electron chi connectivity index (χ2n) is 6.68. The molecule has 2 aromatic carbocycles. The Morgan fingerprint density at radius 3 is 2.75 bits per heavy atom. The fraction of sp³-hybridized carbons (Fsp3) is 0.238. The Morgan fingerprint density at radius 1 is 1.07 bits per heavy atom. The van der Waals surface area contributed by atoms with Crippen LogP contribution in [0, 0.1) is 0 Å². The molecule has 1 N–H and O–H groups in total. The molecule has 28 heavy (non-hydrogen) atoms. The number of H-pyrrole nitrogens is 1. The molecule has 142 valence electrons. The lowest BCUT2D eigenvalue weighted by atomic mass is 10.1. The minimum Gasteiger partial charge on any atom is -0.454 e. The first-order valence-electron chi connectivity index (χ1n) is 9.21. The molecular formula is C21H19N3O4. The molecule has 0 spiro atoms. The van der Waals surface area contributed by atoms with E-state index in [-0.39, 0.29) is 12.7 Å². The predicted molar refractivity (Wildman–Crippen MR) is 104 cm³/mol. The van der Waals surface area contributed by atoms with Gasteiger partial charge in [0.25, 0.3) is 5.91 Å². The fourth-order valence-electron chi connectivity index (χ4n) is 3.42. The topological polar surface area (TPSA) is 76.7 Å². The number of morpholine rings is 1. The third-order valence-corrected chi connectivity index (χ3v) is 4.88. The summed E-state index contributed by atoms with van der Waals surface area (Å²) in [6.45, 7) is 2.44. The van der Waals surface area contributed by atoms with E-state index in [1.165, 1.54) is 0 Å². The van der Waals surface area contributed by atoms with Crippen molar-refractivity contribution in [1.82, 2.24) is 14.9 Å². The zero-order valence-corrected chi connectivity index (χ0v) is 15.2. The largest absolute Gasteiger partial charge is 0.454 e. The molecule has 0 radical (unpaired) electrons. The lowest BCUT2D eigenvalue weighted by Crippen LogP contribution is -2.41. The molecular weight excluding hydrogens is 358 g/mol. The number of aromatic nitrogens is 2. The van der Waals surface area contributed by atoms with E-state index in [0.717, 1.165) is 16.6 Å². The number of rotatable bonds is 3. The van der Waals surface area contributed by atoms with E-state index in [9.17, 15) is 4.79 Å². The number of nitrogens with zero attached hydrogens (tertiary/aromatic N) is 2. The zero-order chi connectivity index (χ0) is 18.9. The molecule has 1 amide bonds. The molecule has 3 heterocycles. The Bertz CT molecular complexity index is 1030. The number of imidazole rings is 1. The van der Waals surface area contributed by atoms with E-state index in [1.54, 1.807) is 4.90 Å². The van der Waals surface area contributed by atoms with Gasteiger partial charge < -0.3 is 24.1 Å². The maximum absolute atomic E-state index is 13.3. The third-order valence-electron chi connectivity index (χ3n) is 4.88. The van der Waals surface area contributed by atoms with Crippen molar-refractivity contribution in [3.8, 4) is 11.5 Å². The van der Waals surface area contributed by atoms with Crippen molar-refractivity contribution in [3.63, 3.8) is 0 Å². The molecule has 0 bridgehead atoms. The van der Waals surface area contributed by atoms with Gasteiger partial charge in [0, 0.05) is 13.1 Å². The van der Waals surface area contributed by atoms with Gasteiger partial charge in [-0.1, -0.05) is 18.2 Å². The van der Waals surface area contributed by atoms with Crippen LogP contribution >= 0.6 is 0 Å². The molecule has 2 aliphatic heterocycles. The van der Waals surface area contributed by atoms with Crippen LogP contribution in [0.1, 0.15) is 11.4 Å². The second-order valence-corrected chi connectivity index (χ2v) is 6.68. The van der Waals surface area contributed by atoms with E-state index < -0.39 is 0 Å². The number of hydrogen-bond donors (Lipinski definition) is 1. The van der Waals surface area contributed by atoms with E-state index in [1.807, 2.05) is 48.5 Å². The number of nitrogens with one attached hydrogen (secondary N) is 1. The summed E-state index contributed by atoms with van der Waals surface area (Å²) >= 11 is 0. The molecule has 0 saturated carbocycles. The third kappa shape index (κ3) is 3.10. The summed E-state index contributed by atoms with van der Waals surface area (Å²) in [6.07, 6.45) is 1.84. The average Bonchev–Trinajstić information content (AvgIpc) is 3.38. The van der Waals surface area contributed by atoms with Gasteiger partial charge in [0.2, 0.25) is 6.79 Å². The van der Waals surface area contributed by atoms with Crippen molar-refractivity contribution in [2.75, 3.05) is 33.1 Å². The number of benzene rings is 2. The highest BCUT2D eigenvalue weighted by atomic mass is 16.7. The van der Waals surface area contributed by atoms with Gasteiger partial charge in [-0.3, -0.25) is 4.79 Å². The van der Waals surface area contributed by atoms with Crippen LogP contribution in [0.25, 0.3) is 22.7 Å². The number of aromatic amines is 1. The van der Waals surface area contributed by atoms with Crippen LogP contribution in [0.2, 0.25) is 0 Å². The summed E-state index contributed by atoms with van der Waals surface area (Å²) in [7, 11) is 0. The van der Waals surface area contributed by atoms with Gasteiger partial charge in [0.05, 0.1) is 29.8 Å². The monoisotopic (exact) mass is 377 g/mol. The molecule has 0 unspecified atom stereocenters. The summed E-state index contributed by atoms with van der Waals surface area (Å²) in [5.74, 6) is 1.87. The average molecular weight is 377 g/mol. The van der Waals surface area contributed by atoms with Crippen LogP contribution < -0.4 is 9.47 Å². The Balaban J connectivity index is 1.58. The van der Waals surface area contributed by atoms with E-state index in [0.29, 0.717) is 49.2 Å². The Labute approximate surface area is 161 Å². The SMILES string of the molecule is O=C(C(=Cc1ccc2c(c1)OCO2)c1nc2ccccc2[nH]1)N1CCOCC1.